The first kappa shape index (κ1) is 7.60. The Labute approximate surface area is 64.0 Å². The highest BCUT2D eigenvalue weighted by Crippen LogP contribution is 2.15. The topological polar surface area (TPSA) is 46.5 Å². The molecule has 0 aliphatic rings. The molecule has 11 heavy (non-hydrogen) atoms. The zero-order valence-corrected chi connectivity index (χ0v) is 6.00. The van der Waals surface area contributed by atoms with Gasteiger partial charge < -0.3 is 0 Å². The highest BCUT2D eigenvalue weighted by molar-refractivity contribution is 5.79. The van der Waals surface area contributed by atoms with Gasteiger partial charge in [0.05, 0.1) is 0 Å². The second-order valence-electron chi connectivity index (χ2n) is 2.19. The van der Waals surface area contributed by atoms with E-state index in [1.54, 1.807) is 25.3 Å². The van der Waals surface area contributed by atoms with Gasteiger partial charge in [-0.05, 0) is 29.8 Å². The predicted molar refractivity (Wildman–Crippen MR) is 41.4 cm³/mol. The summed E-state index contributed by atoms with van der Waals surface area (Å²) in [4.78, 5) is 20.2. The van der Waals surface area contributed by atoms with Crippen LogP contribution in [0.4, 0.5) is 5.69 Å². The van der Waals surface area contributed by atoms with Crippen molar-refractivity contribution in [3.8, 4) is 0 Å². The van der Waals surface area contributed by atoms with Crippen molar-refractivity contribution in [2.24, 2.45) is 5.18 Å². The molecule has 3 nitrogen and oxygen atoms in total. The molecule has 0 aliphatic carbocycles. The third-order valence-electron chi connectivity index (χ3n) is 1.44. The Morgan fingerprint density at radius 1 is 1.45 bits per heavy atom. The molecule has 0 unspecified atom stereocenters. The fourth-order valence-electron chi connectivity index (χ4n) is 0.777. The van der Waals surface area contributed by atoms with Gasteiger partial charge in [0, 0.05) is 5.56 Å². The SMILES string of the molecule is Cc1ccc(N=O)cc1[C]=O. The summed E-state index contributed by atoms with van der Waals surface area (Å²) in [5.74, 6) is 0. The lowest BCUT2D eigenvalue weighted by atomic mass is 10.1. The molecule has 1 aromatic carbocycles. The molecule has 0 bridgehead atoms. The smallest absolute Gasteiger partial charge is 0.233 e. The first-order valence-electron chi connectivity index (χ1n) is 3.10. The molecule has 0 saturated heterocycles. The van der Waals surface area contributed by atoms with Gasteiger partial charge in [-0.25, -0.2) is 0 Å². The van der Waals surface area contributed by atoms with Crippen molar-refractivity contribution in [3.05, 3.63) is 34.2 Å². The van der Waals surface area contributed by atoms with E-state index in [2.05, 4.69) is 5.18 Å². The maximum Gasteiger partial charge on any atom is 0.233 e. The highest BCUT2D eigenvalue weighted by Gasteiger charge is 1.98. The summed E-state index contributed by atoms with van der Waals surface area (Å²) in [6.45, 7) is 1.77. The lowest BCUT2D eigenvalue weighted by Gasteiger charge is -1.95. The number of rotatable bonds is 2. The van der Waals surface area contributed by atoms with E-state index in [0.717, 1.165) is 5.56 Å². The van der Waals surface area contributed by atoms with Gasteiger partial charge in [0.15, 0.2) is 0 Å². The quantitative estimate of drug-likeness (QED) is 0.601. The number of benzene rings is 1. The number of carbonyl (C=O) groups excluding carboxylic acids is 1. The van der Waals surface area contributed by atoms with Crippen LogP contribution in [0.5, 0.6) is 0 Å². The van der Waals surface area contributed by atoms with Crippen LogP contribution in [0.15, 0.2) is 23.4 Å². The third-order valence-corrected chi connectivity index (χ3v) is 1.44. The summed E-state index contributed by atoms with van der Waals surface area (Å²) < 4.78 is 0. The van der Waals surface area contributed by atoms with Gasteiger partial charge in [0.2, 0.25) is 6.29 Å². The van der Waals surface area contributed by atoms with Gasteiger partial charge in [-0.1, -0.05) is 6.07 Å². The fraction of sp³-hybridized carbons (Fsp3) is 0.125. The summed E-state index contributed by atoms with van der Waals surface area (Å²) >= 11 is 0. The average molecular weight is 148 g/mol. The minimum atomic E-state index is 0.258. The van der Waals surface area contributed by atoms with E-state index in [-0.39, 0.29) is 5.69 Å². The molecule has 0 atom stereocenters. The van der Waals surface area contributed by atoms with Crippen molar-refractivity contribution in [2.75, 3.05) is 0 Å². The van der Waals surface area contributed by atoms with Gasteiger partial charge in [0.25, 0.3) is 0 Å². The van der Waals surface area contributed by atoms with Crippen LogP contribution in [0, 0.1) is 11.8 Å². The predicted octanol–water partition coefficient (Wildman–Crippen LogP) is 1.85. The average Bonchev–Trinajstić information content (AvgIpc) is 2.05. The third kappa shape index (κ3) is 1.49. The molecule has 0 saturated carbocycles. The molecule has 0 heterocycles. The van der Waals surface area contributed by atoms with Crippen LogP contribution in [-0.2, 0) is 4.79 Å². The van der Waals surface area contributed by atoms with Crippen molar-refractivity contribution in [2.45, 2.75) is 6.92 Å². The first-order chi connectivity index (χ1) is 5.27. The Bertz CT molecular complexity index is 294. The van der Waals surface area contributed by atoms with E-state index in [0.29, 0.717) is 5.56 Å². The van der Waals surface area contributed by atoms with Gasteiger partial charge in [-0.2, -0.15) is 0 Å². The Kier molecular flexibility index (Phi) is 2.11. The largest absolute Gasteiger partial charge is 0.285 e. The first-order valence-corrected chi connectivity index (χ1v) is 3.10. The van der Waals surface area contributed by atoms with Gasteiger partial charge in [-0.15, -0.1) is 4.91 Å². The van der Waals surface area contributed by atoms with Crippen LogP contribution < -0.4 is 0 Å². The van der Waals surface area contributed by atoms with E-state index in [4.69, 9.17) is 0 Å². The summed E-state index contributed by atoms with van der Waals surface area (Å²) in [6, 6.07) is 4.63. The van der Waals surface area contributed by atoms with Crippen LogP contribution in [0.2, 0.25) is 0 Å². The number of nitroso groups, excluding NO2 is 1. The van der Waals surface area contributed by atoms with E-state index in [1.165, 1.54) is 6.07 Å². The standard InChI is InChI=1S/C8H6NO2/c1-6-2-3-8(9-11)4-7(6)5-10/h2-4H,1H3. The summed E-state index contributed by atoms with van der Waals surface area (Å²) in [7, 11) is 0. The fourth-order valence-corrected chi connectivity index (χ4v) is 0.777. The van der Waals surface area contributed by atoms with Crippen LogP contribution >= 0.6 is 0 Å². The highest BCUT2D eigenvalue weighted by atomic mass is 16.3. The van der Waals surface area contributed by atoms with Crippen LogP contribution in [0.25, 0.3) is 0 Å². The van der Waals surface area contributed by atoms with E-state index < -0.39 is 0 Å². The van der Waals surface area contributed by atoms with Gasteiger partial charge in [0.1, 0.15) is 5.69 Å². The molecular weight excluding hydrogens is 142 g/mol. The molecule has 0 amide bonds. The van der Waals surface area contributed by atoms with Crippen LogP contribution in [0.1, 0.15) is 11.1 Å². The normalized spacial score (nSPS) is 9.18. The lowest BCUT2D eigenvalue weighted by Crippen LogP contribution is -1.84. The molecule has 0 aromatic heterocycles. The Morgan fingerprint density at radius 2 is 2.18 bits per heavy atom. The van der Waals surface area contributed by atoms with Crippen LogP contribution in [0.3, 0.4) is 0 Å². The minimum absolute atomic E-state index is 0.258. The zero-order chi connectivity index (χ0) is 8.27. The molecule has 1 aromatic rings. The number of nitrogens with zero attached hydrogens (tertiary/aromatic N) is 1. The van der Waals surface area contributed by atoms with Crippen molar-refractivity contribution in [1.29, 1.82) is 0 Å². The van der Waals surface area contributed by atoms with Crippen molar-refractivity contribution >= 4 is 12.0 Å². The Hall–Kier alpha value is -1.51. The van der Waals surface area contributed by atoms with E-state index in [9.17, 15) is 9.70 Å². The number of hydrogen-bond donors (Lipinski definition) is 0. The van der Waals surface area contributed by atoms with Crippen LogP contribution in [-0.4, -0.2) is 6.29 Å². The molecule has 0 fully saturated rings. The van der Waals surface area contributed by atoms with E-state index in [1.807, 2.05) is 0 Å². The molecule has 1 rings (SSSR count). The molecule has 0 spiro atoms. The van der Waals surface area contributed by atoms with Crippen molar-refractivity contribution in [1.82, 2.24) is 0 Å². The molecule has 0 aliphatic heterocycles. The Balaban J connectivity index is 3.22. The number of aryl methyl sites for hydroxylation is 1. The number of hydrogen-bond acceptors (Lipinski definition) is 3. The second-order valence-corrected chi connectivity index (χ2v) is 2.19. The Morgan fingerprint density at radius 3 is 2.73 bits per heavy atom. The molecule has 1 radical (unpaired) electrons. The van der Waals surface area contributed by atoms with Crippen molar-refractivity contribution < 1.29 is 4.79 Å². The molecular formula is C8H6NO2. The molecule has 55 valence electrons. The van der Waals surface area contributed by atoms with Gasteiger partial charge in [-0.3, -0.25) is 4.79 Å². The minimum Gasteiger partial charge on any atom is -0.285 e. The molecule has 3 heteroatoms. The summed E-state index contributed by atoms with van der Waals surface area (Å²) in [5, 5.41) is 2.69. The molecule has 0 N–H and O–H groups in total. The second kappa shape index (κ2) is 3.05. The maximum absolute atomic E-state index is 10.2. The van der Waals surface area contributed by atoms with E-state index >= 15 is 0 Å². The summed E-state index contributed by atoms with van der Waals surface area (Å²) in [5.41, 5.74) is 1.45. The monoisotopic (exact) mass is 148 g/mol. The zero-order valence-electron chi connectivity index (χ0n) is 6.00. The maximum atomic E-state index is 10.2. The van der Waals surface area contributed by atoms with Gasteiger partial charge >= 0.3 is 0 Å². The van der Waals surface area contributed by atoms with Crippen molar-refractivity contribution in [3.63, 3.8) is 0 Å². The summed E-state index contributed by atoms with van der Waals surface area (Å²) in [6.07, 6.45) is 1.72. The lowest BCUT2D eigenvalue weighted by molar-refractivity contribution is 0.562.